The van der Waals surface area contributed by atoms with E-state index in [0.717, 1.165) is 25.2 Å². The molecule has 0 amide bonds. The van der Waals surface area contributed by atoms with Crippen molar-refractivity contribution in [2.24, 2.45) is 34.5 Å². The Morgan fingerprint density at radius 3 is 2.20 bits per heavy atom. The van der Waals surface area contributed by atoms with Crippen molar-refractivity contribution in [3.8, 4) is 0 Å². The van der Waals surface area contributed by atoms with E-state index in [1.54, 1.807) is 0 Å². The molecule has 0 spiro atoms. The predicted octanol–water partition coefficient (Wildman–Crippen LogP) is 6.65. The van der Waals surface area contributed by atoms with Crippen LogP contribution >= 0.6 is 0 Å². The van der Waals surface area contributed by atoms with Crippen LogP contribution in [0.2, 0.25) is 39.3 Å². The first kappa shape index (κ1) is 23.2. The summed E-state index contributed by atoms with van der Waals surface area (Å²) < 4.78 is 13.5. The Kier molecular flexibility index (Phi) is 5.82. The summed E-state index contributed by atoms with van der Waals surface area (Å²) in [5.74, 6) is 3.16. The highest BCUT2D eigenvalue weighted by molar-refractivity contribution is 6.70. The minimum atomic E-state index is -1.69. The summed E-state index contributed by atoms with van der Waals surface area (Å²) in [6.07, 6.45) is 9.97. The van der Waals surface area contributed by atoms with Crippen LogP contribution in [0.3, 0.4) is 0 Å². The third-order valence-corrected chi connectivity index (χ3v) is 11.3. The second kappa shape index (κ2) is 7.53. The average Bonchev–Trinajstić information content (AvgIpc) is 2.87. The van der Waals surface area contributed by atoms with E-state index in [4.69, 9.17) is 8.85 Å². The molecule has 0 aliphatic heterocycles. The van der Waals surface area contributed by atoms with Crippen molar-refractivity contribution in [2.75, 3.05) is 0 Å². The van der Waals surface area contributed by atoms with Crippen LogP contribution in [0.5, 0.6) is 0 Å². The van der Waals surface area contributed by atoms with Gasteiger partial charge in [0.2, 0.25) is 0 Å². The molecule has 0 bridgehead atoms. The van der Waals surface area contributed by atoms with Gasteiger partial charge in [0, 0.05) is 24.0 Å². The van der Waals surface area contributed by atoms with Gasteiger partial charge in [-0.15, -0.1) is 0 Å². The van der Waals surface area contributed by atoms with E-state index in [1.807, 2.05) is 0 Å². The van der Waals surface area contributed by atoms with E-state index in [-0.39, 0.29) is 11.5 Å². The SMILES string of the molecule is CC12C[C@H](O[Si](C)(C)C)C3C(CC[C@H]4C[C@H](O[Si](C)(C)C)CCC34C)C1CCC2=O. The molecule has 0 saturated heterocycles. The van der Waals surface area contributed by atoms with E-state index >= 15 is 0 Å². The molecule has 8 atom stereocenters. The van der Waals surface area contributed by atoms with Crippen LogP contribution < -0.4 is 0 Å². The number of ketones is 1. The average molecular weight is 451 g/mol. The first-order valence-electron chi connectivity index (χ1n) is 12.6. The fourth-order valence-electron chi connectivity index (χ4n) is 8.25. The molecule has 30 heavy (non-hydrogen) atoms. The fraction of sp³-hybridized carbons (Fsp3) is 0.960. The highest BCUT2D eigenvalue weighted by Gasteiger charge is 2.64. The van der Waals surface area contributed by atoms with Crippen LogP contribution in [0.1, 0.15) is 65.2 Å². The zero-order chi connectivity index (χ0) is 22.1. The number of carbonyl (C=O) groups excluding carboxylic acids is 1. The Morgan fingerprint density at radius 2 is 1.57 bits per heavy atom. The standard InChI is InChI=1S/C25H46O3Si2/c1-24-14-13-18(27-29(3,4)5)15-17(24)9-10-19-20-11-12-22(26)25(20,2)16-21(23(19)24)28-30(6,7)8/h17-21,23H,9-16H2,1-8H3/t17-,18+,19?,20?,21-,23?,24?,25?/m0/s1. The highest BCUT2D eigenvalue weighted by atomic mass is 28.4. The third kappa shape index (κ3) is 4.06. The molecular formula is C25H46O3Si2. The van der Waals surface area contributed by atoms with Gasteiger partial charge < -0.3 is 8.85 Å². The summed E-state index contributed by atoms with van der Waals surface area (Å²) in [5, 5.41) is 0. The Hall–Kier alpha value is 0.0238. The number of fused-ring (bicyclic) bond motifs is 5. The topological polar surface area (TPSA) is 35.5 Å². The molecule has 4 aliphatic carbocycles. The number of hydrogen-bond donors (Lipinski definition) is 0. The van der Waals surface area contributed by atoms with Crippen LogP contribution in [0, 0.1) is 34.5 Å². The quantitative estimate of drug-likeness (QED) is 0.450. The molecule has 0 N–H and O–H groups in total. The number of carbonyl (C=O) groups is 1. The number of Topliss-reactive ketones (excluding diaryl/α,β-unsaturated/α-hetero) is 1. The third-order valence-electron chi connectivity index (χ3n) is 9.26. The minimum Gasteiger partial charge on any atom is -0.415 e. The summed E-state index contributed by atoms with van der Waals surface area (Å²) in [4.78, 5) is 13.0. The van der Waals surface area contributed by atoms with Gasteiger partial charge in [-0.2, -0.15) is 0 Å². The summed E-state index contributed by atoms with van der Waals surface area (Å²) in [6, 6.07) is 0. The van der Waals surface area contributed by atoms with Crippen molar-refractivity contribution in [1.29, 1.82) is 0 Å². The molecule has 4 fully saturated rings. The van der Waals surface area contributed by atoms with E-state index in [1.165, 1.54) is 32.1 Å². The fourth-order valence-corrected chi connectivity index (χ4v) is 10.6. The van der Waals surface area contributed by atoms with Gasteiger partial charge in [-0.3, -0.25) is 4.79 Å². The maximum Gasteiger partial charge on any atom is 0.184 e. The lowest BCUT2D eigenvalue weighted by atomic mass is 9.44. The van der Waals surface area contributed by atoms with Crippen molar-refractivity contribution in [1.82, 2.24) is 0 Å². The molecular weight excluding hydrogens is 404 g/mol. The van der Waals surface area contributed by atoms with Crippen LogP contribution in [0.4, 0.5) is 0 Å². The Bertz CT molecular complexity index is 681. The lowest BCUT2D eigenvalue weighted by Gasteiger charge is -2.63. The second-order valence-corrected chi connectivity index (χ2v) is 22.5. The van der Waals surface area contributed by atoms with Gasteiger partial charge in [0.1, 0.15) is 5.78 Å². The van der Waals surface area contributed by atoms with Gasteiger partial charge in [-0.25, -0.2) is 0 Å². The Morgan fingerprint density at radius 1 is 0.900 bits per heavy atom. The van der Waals surface area contributed by atoms with E-state index in [0.29, 0.717) is 35.1 Å². The molecule has 0 aromatic heterocycles. The molecule has 3 nitrogen and oxygen atoms in total. The number of rotatable bonds is 4. The number of hydrogen-bond acceptors (Lipinski definition) is 3. The normalized spacial score (nSPS) is 46.9. The molecule has 5 heteroatoms. The molecule has 172 valence electrons. The maximum atomic E-state index is 13.0. The lowest BCUT2D eigenvalue weighted by molar-refractivity contribution is -0.170. The molecule has 0 aromatic carbocycles. The van der Waals surface area contributed by atoms with E-state index < -0.39 is 16.6 Å². The van der Waals surface area contributed by atoms with E-state index in [2.05, 4.69) is 53.1 Å². The van der Waals surface area contributed by atoms with Gasteiger partial charge >= 0.3 is 0 Å². The first-order valence-corrected chi connectivity index (χ1v) is 19.4. The highest BCUT2D eigenvalue weighted by Crippen LogP contribution is 2.66. The molecule has 5 unspecified atom stereocenters. The van der Waals surface area contributed by atoms with Gasteiger partial charge in [0.25, 0.3) is 0 Å². The second-order valence-electron chi connectivity index (χ2n) is 13.6. The van der Waals surface area contributed by atoms with Crippen LogP contribution in [-0.2, 0) is 13.6 Å². The van der Waals surface area contributed by atoms with Crippen molar-refractivity contribution in [3.05, 3.63) is 0 Å². The van der Waals surface area contributed by atoms with E-state index in [9.17, 15) is 4.79 Å². The van der Waals surface area contributed by atoms with Gasteiger partial charge in [0.05, 0.1) is 0 Å². The summed E-state index contributed by atoms with van der Waals surface area (Å²) >= 11 is 0. The largest absolute Gasteiger partial charge is 0.415 e. The minimum absolute atomic E-state index is 0.132. The summed E-state index contributed by atoms with van der Waals surface area (Å²) in [6.45, 7) is 18.9. The van der Waals surface area contributed by atoms with Crippen LogP contribution in [0.15, 0.2) is 0 Å². The van der Waals surface area contributed by atoms with Gasteiger partial charge in [-0.05, 0) is 113 Å². The monoisotopic (exact) mass is 450 g/mol. The van der Waals surface area contributed by atoms with Gasteiger partial charge in [0.15, 0.2) is 16.6 Å². The van der Waals surface area contributed by atoms with Crippen molar-refractivity contribution < 1.29 is 13.6 Å². The van der Waals surface area contributed by atoms with Crippen LogP contribution in [0.25, 0.3) is 0 Å². The Labute approximate surface area is 187 Å². The van der Waals surface area contributed by atoms with Crippen LogP contribution in [-0.4, -0.2) is 34.6 Å². The maximum absolute atomic E-state index is 13.0. The summed E-state index contributed by atoms with van der Waals surface area (Å²) in [5.41, 5.74) is 0.215. The molecule has 0 radical (unpaired) electrons. The molecule has 4 aliphatic rings. The molecule has 4 rings (SSSR count). The Balaban J connectivity index is 1.64. The lowest BCUT2D eigenvalue weighted by Crippen LogP contribution is -2.61. The summed E-state index contributed by atoms with van der Waals surface area (Å²) in [7, 11) is -3.18. The van der Waals surface area contributed by atoms with Crippen molar-refractivity contribution in [2.45, 2.75) is 117 Å². The smallest absolute Gasteiger partial charge is 0.184 e. The molecule has 0 aromatic rings. The zero-order valence-electron chi connectivity index (χ0n) is 20.8. The van der Waals surface area contributed by atoms with Crippen molar-refractivity contribution in [3.63, 3.8) is 0 Å². The molecule has 4 saturated carbocycles. The van der Waals surface area contributed by atoms with Gasteiger partial charge in [-0.1, -0.05) is 13.8 Å². The first-order chi connectivity index (χ1) is 13.7. The zero-order valence-corrected chi connectivity index (χ0v) is 22.8. The molecule has 0 heterocycles. The van der Waals surface area contributed by atoms with Crippen molar-refractivity contribution >= 4 is 22.4 Å². The predicted molar refractivity (Wildman–Crippen MR) is 129 cm³/mol.